The SMILES string of the molecule is CCCC[C@H](NCCCCCC(=O)O)C(=O)O. The predicted molar refractivity (Wildman–Crippen MR) is 65.1 cm³/mol. The van der Waals surface area contributed by atoms with Crippen LogP contribution in [0.3, 0.4) is 0 Å². The van der Waals surface area contributed by atoms with E-state index in [2.05, 4.69) is 5.32 Å². The molecule has 0 saturated carbocycles. The third kappa shape index (κ3) is 9.81. The van der Waals surface area contributed by atoms with Crippen LogP contribution in [0, 0.1) is 0 Å². The topological polar surface area (TPSA) is 86.6 Å². The van der Waals surface area contributed by atoms with Crippen molar-refractivity contribution < 1.29 is 19.8 Å². The van der Waals surface area contributed by atoms with Crippen molar-refractivity contribution >= 4 is 11.9 Å². The summed E-state index contributed by atoms with van der Waals surface area (Å²) in [4.78, 5) is 21.1. The van der Waals surface area contributed by atoms with E-state index in [-0.39, 0.29) is 6.42 Å². The molecule has 0 unspecified atom stereocenters. The van der Waals surface area contributed by atoms with Gasteiger partial charge in [-0.15, -0.1) is 0 Å². The van der Waals surface area contributed by atoms with E-state index in [0.29, 0.717) is 19.4 Å². The van der Waals surface area contributed by atoms with Gasteiger partial charge in [-0.3, -0.25) is 9.59 Å². The fraction of sp³-hybridized carbons (Fsp3) is 0.833. The first kappa shape index (κ1) is 15.9. The predicted octanol–water partition coefficient (Wildman–Crippen LogP) is 1.86. The summed E-state index contributed by atoms with van der Waals surface area (Å²) in [6.07, 6.45) is 5.04. The van der Waals surface area contributed by atoms with E-state index in [4.69, 9.17) is 10.2 Å². The average molecular weight is 245 g/mol. The molecule has 0 aliphatic heterocycles. The summed E-state index contributed by atoms with van der Waals surface area (Å²) in [5, 5.41) is 20.4. The maximum absolute atomic E-state index is 10.9. The van der Waals surface area contributed by atoms with Crippen LogP contribution >= 0.6 is 0 Å². The molecular weight excluding hydrogens is 222 g/mol. The smallest absolute Gasteiger partial charge is 0.320 e. The second-order valence-electron chi connectivity index (χ2n) is 4.19. The van der Waals surface area contributed by atoms with Crippen molar-refractivity contribution in [3.8, 4) is 0 Å². The zero-order chi connectivity index (χ0) is 13.1. The molecule has 1 atom stereocenters. The van der Waals surface area contributed by atoms with Gasteiger partial charge in [0, 0.05) is 6.42 Å². The van der Waals surface area contributed by atoms with Gasteiger partial charge in [-0.2, -0.15) is 0 Å². The van der Waals surface area contributed by atoms with Gasteiger partial charge in [0.2, 0.25) is 0 Å². The number of nitrogens with one attached hydrogen (secondary N) is 1. The number of carboxylic acids is 2. The first-order chi connectivity index (χ1) is 8.07. The summed E-state index contributed by atoms with van der Waals surface area (Å²) in [6.45, 7) is 2.67. The molecule has 17 heavy (non-hydrogen) atoms. The van der Waals surface area contributed by atoms with Gasteiger partial charge in [-0.05, 0) is 25.8 Å². The summed E-state index contributed by atoms with van der Waals surface area (Å²) in [6, 6.07) is -0.463. The second-order valence-corrected chi connectivity index (χ2v) is 4.19. The standard InChI is InChI=1S/C12H23NO4/c1-2-3-7-10(12(16)17)13-9-6-4-5-8-11(14)15/h10,13H,2-9H2,1H3,(H,14,15)(H,16,17)/t10-/m0/s1. The normalized spacial score (nSPS) is 12.3. The number of hydrogen-bond donors (Lipinski definition) is 3. The number of hydrogen-bond acceptors (Lipinski definition) is 3. The molecular formula is C12H23NO4. The Kier molecular flexibility index (Phi) is 9.43. The molecule has 100 valence electrons. The molecule has 0 aliphatic rings. The van der Waals surface area contributed by atoms with Crippen molar-refractivity contribution in [2.45, 2.75) is 57.9 Å². The molecule has 0 aromatic carbocycles. The van der Waals surface area contributed by atoms with E-state index in [1.165, 1.54) is 0 Å². The van der Waals surface area contributed by atoms with Crippen LogP contribution in [0.4, 0.5) is 0 Å². The average Bonchev–Trinajstić information content (AvgIpc) is 2.26. The van der Waals surface area contributed by atoms with Crippen LogP contribution in [0.1, 0.15) is 51.9 Å². The van der Waals surface area contributed by atoms with Crippen LogP contribution in [0.25, 0.3) is 0 Å². The Labute approximate surface area is 102 Å². The molecule has 0 aromatic heterocycles. The van der Waals surface area contributed by atoms with Crippen molar-refractivity contribution in [1.29, 1.82) is 0 Å². The van der Waals surface area contributed by atoms with E-state index in [9.17, 15) is 9.59 Å². The lowest BCUT2D eigenvalue weighted by Crippen LogP contribution is -2.37. The highest BCUT2D eigenvalue weighted by molar-refractivity contribution is 5.73. The molecule has 0 aliphatic carbocycles. The first-order valence-electron chi connectivity index (χ1n) is 6.26. The zero-order valence-electron chi connectivity index (χ0n) is 10.4. The summed E-state index contributed by atoms with van der Waals surface area (Å²) < 4.78 is 0. The molecule has 0 spiro atoms. The van der Waals surface area contributed by atoms with E-state index >= 15 is 0 Å². The molecule has 0 amide bonds. The van der Waals surface area contributed by atoms with Gasteiger partial charge >= 0.3 is 11.9 Å². The maximum atomic E-state index is 10.9. The fourth-order valence-electron chi connectivity index (χ4n) is 1.58. The minimum absolute atomic E-state index is 0.193. The summed E-state index contributed by atoms with van der Waals surface area (Å²) in [5.41, 5.74) is 0. The molecule has 5 nitrogen and oxygen atoms in total. The lowest BCUT2D eigenvalue weighted by Gasteiger charge is -2.13. The van der Waals surface area contributed by atoms with Crippen LogP contribution in [0.2, 0.25) is 0 Å². The highest BCUT2D eigenvalue weighted by atomic mass is 16.4. The zero-order valence-corrected chi connectivity index (χ0v) is 10.4. The maximum Gasteiger partial charge on any atom is 0.320 e. The molecule has 5 heteroatoms. The Morgan fingerprint density at radius 3 is 2.35 bits per heavy atom. The Morgan fingerprint density at radius 1 is 1.12 bits per heavy atom. The van der Waals surface area contributed by atoms with Crippen LogP contribution in [0.15, 0.2) is 0 Å². The van der Waals surface area contributed by atoms with Crippen LogP contribution in [-0.4, -0.2) is 34.7 Å². The quantitative estimate of drug-likeness (QED) is 0.484. The van der Waals surface area contributed by atoms with E-state index < -0.39 is 18.0 Å². The Hall–Kier alpha value is -1.10. The largest absolute Gasteiger partial charge is 0.481 e. The van der Waals surface area contributed by atoms with Gasteiger partial charge in [0.1, 0.15) is 6.04 Å². The summed E-state index contributed by atoms with van der Waals surface area (Å²) in [7, 11) is 0. The van der Waals surface area contributed by atoms with Crippen molar-refractivity contribution in [2.24, 2.45) is 0 Å². The molecule has 0 rings (SSSR count). The van der Waals surface area contributed by atoms with Crippen molar-refractivity contribution in [2.75, 3.05) is 6.54 Å². The summed E-state index contributed by atoms with van der Waals surface area (Å²) in [5.74, 6) is -1.58. The first-order valence-corrected chi connectivity index (χ1v) is 6.26. The van der Waals surface area contributed by atoms with Crippen molar-refractivity contribution in [1.82, 2.24) is 5.32 Å². The van der Waals surface area contributed by atoms with Crippen LogP contribution in [0.5, 0.6) is 0 Å². The number of aliphatic carboxylic acids is 2. The third-order valence-corrected chi connectivity index (χ3v) is 2.60. The van der Waals surface area contributed by atoms with Crippen LogP contribution in [-0.2, 0) is 9.59 Å². The Balaban J connectivity index is 3.54. The number of carbonyl (C=O) groups is 2. The van der Waals surface area contributed by atoms with Crippen LogP contribution < -0.4 is 5.32 Å². The van der Waals surface area contributed by atoms with Gasteiger partial charge in [0.25, 0.3) is 0 Å². The second kappa shape index (κ2) is 10.1. The minimum Gasteiger partial charge on any atom is -0.481 e. The lowest BCUT2D eigenvalue weighted by atomic mass is 10.1. The fourth-order valence-corrected chi connectivity index (χ4v) is 1.58. The monoisotopic (exact) mass is 245 g/mol. The molecule has 0 heterocycles. The van der Waals surface area contributed by atoms with Gasteiger partial charge < -0.3 is 15.5 Å². The van der Waals surface area contributed by atoms with E-state index in [1.807, 2.05) is 6.92 Å². The van der Waals surface area contributed by atoms with E-state index in [1.54, 1.807) is 0 Å². The molecule has 0 bridgehead atoms. The number of unbranched alkanes of at least 4 members (excludes halogenated alkanes) is 3. The van der Waals surface area contributed by atoms with Gasteiger partial charge in [-0.1, -0.05) is 26.2 Å². The van der Waals surface area contributed by atoms with Gasteiger partial charge in [0.05, 0.1) is 0 Å². The van der Waals surface area contributed by atoms with E-state index in [0.717, 1.165) is 25.7 Å². The third-order valence-electron chi connectivity index (χ3n) is 2.60. The lowest BCUT2D eigenvalue weighted by molar-refractivity contribution is -0.139. The Morgan fingerprint density at radius 2 is 1.82 bits per heavy atom. The molecule has 0 radical (unpaired) electrons. The summed E-state index contributed by atoms with van der Waals surface area (Å²) >= 11 is 0. The minimum atomic E-state index is -0.802. The molecule has 3 N–H and O–H groups in total. The highest BCUT2D eigenvalue weighted by Gasteiger charge is 2.14. The van der Waals surface area contributed by atoms with Crippen molar-refractivity contribution in [3.63, 3.8) is 0 Å². The number of rotatable bonds is 11. The highest BCUT2D eigenvalue weighted by Crippen LogP contribution is 2.03. The van der Waals surface area contributed by atoms with Gasteiger partial charge in [-0.25, -0.2) is 0 Å². The van der Waals surface area contributed by atoms with Crippen molar-refractivity contribution in [3.05, 3.63) is 0 Å². The molecule has 0 saturated heterocycles. The number of carboxylic acid groups (broad SMARTS) is 2. The molecule has 0 fully saturated rings. The van der Waals surface area contributed by atoms with Gasteiger partial charge in [0.15, 0.2) is 0 Å². The molecule has 0 aromatic rings. The Bertz CT molecular complexity index is 231.